The lowest BCUT2D eigenvalue weighted by molar-refractivity contribution is 0.0951. The molecule has 0 unspecified atom stereocenters. The van der Waals surface area contributed by atoms with Gasteiger partial charge in [0.05, 0.1) is 0 Å². The molecule has 2 aromatic rings. The first kappa shape index (κ1) is 16.1. The Morgan fingerprint density at radius 2 is 1.91 bits per heavy atom. The predicted octanol–water partition coefficient (Wildman–Crippen LogP) is 3.42. The van der Waals surface area contributed by atoms with Crippen LogP contribution in [0.15, 0.2) is 52.3 Å². The van der Waals surface area contributed by atoms with Gasteiger partial charge in [0, 0.05) is 28.3 Å². The van der Waals surface area contributed by atoms with Crippen molar-refractivity contribution in [2.24, 2.45) is 0 Å². The number of hydrogen-bond acceptors (Lipinski definition) is 3. The summed E-state index contributed by atoms with van der Waals surface area (Å²) in [7, 11) is 4.09. The number of fused-ring (bicyclic) bond motifs is 2. The number of nitrogens with one attached hydrogen (secondary N) is 1. The fourth-order valence-electron chi connectivity index (χ4n) is 2.81. The van der Waals surface area contributed by atoms with Crippen LogP contribution in [0.5, 0.6) is 0 Å². The predicted molar refractivity (Wildman–Crippen MR) is 95.3 cm³/mol. The molecule has 0 bridgehead atoms. The van der Waals surface area contributed by atoms with Gasteiger partial charge in [0.15, 0.2) is 0 Å². The van der Waals surface area contributed by atoms with E-state index in [4.69, 9.17) is 0 Å². The van der Waals surface area contributed by atoms with E-state index >= 15 is 0 Å². The van der Waals surface area contributed by atoms with Crippen LogP contribution in [0.3, 0.4) is 0 Å². The standard InChI is InChI=1S/C19H22N2OS/c1-21(2)12-6-11-20-19(22)15-8-5-10-18-16(15)13-14-7-3-4-9-17(14)23-18/h3-5,7-10H,6,11-13H2,1-2H3,(H,20,22). The van der Waals surface area contributed by atoms with Crippen molar-refractivity contribution in [1.29, 1.82) is 0 Å². The SMILES string of the molecule is CN(C)CCCNC(=O)c1cccc2c1Cc1ccccc1S2. The first-order valence-electron chi connectivity index (χ1n) is 7.96. The maximum absolute atomic E-state index is 12.5. The molecule has 0 fully saturated rings. The Kier molecular flexibility index (Phi) is 5.03. The van der Waals surface area contributed by atoms with Gasteiger partial charge in [-0.05, 0) is 56.4 Å². The molecular formula is C19H22N2OS. The molecular weight excluding hydrogens is 304 g/mol. The maximum Gasteiger partial charge on any atom is 0.251 e. The minimum atomic E-state index is 0.0422. The first-order chi connectivity index (χ1) is 11.1. The number of benzene rings is 2. The van der Waals surface area contributed by atoms with Gasteiger partial charge >= 0.3 is 0 Å². The van der Waals surface area contributed by atoms with Crippen LogP contribution in [0, 0.1) is 0 Å². The van der Waals surface area contributed by atoms with Gasteiger partial charge in [-0.1, -0.05) is 36.0 Å². The smallest absolute Gasteiger partial charge is 0.251 e. The van der Waals surface area contributed by atoms with Crippen molar-refractivity contribution >= 4 is 17.7 Å². The zero-order chi connectivity index (χ0) is 16.2. The lowest BCUT2D eigenvalue weighted by Gasteiger charge is -2.21. The highest BCUT2D eigenvalue weighted by molar-refractivity contribution is 7.99. The number of amides is 1. The summed E-state index contributed by atoms with van der Waals surface area (Å²) < 4.78 is 0. The van der Waals surface area contributed by atoms with Gasteiger partial charge in [-0.2, -0.15) is 0 Å². The fourth-order valence-corrected chi connectivity index (χ4v) is 3.91. The molecule has 0 radical (unpaired) electrons. The molecule has 2 aromatic carbocycles. The van der Waals surface area contributed by atoms with Gasteiger partial charge in [0.25, 0.3) is 5.91 Å². The summed E-state index contributed by atoms with van der Waals surface area (Å²) in [6.07, 6.45) is 1.80. The van der Waals surface area contributed by atoms with E-state index in [0.717, 1.165) is 30.5 Å². The molecule has 1 aliphatic heterocycles. The van der Waals surface area contributed by atoms with Crippen LogP contribution in [0.4, 0.5) is 0 Å². The highest BCUT2D eigenvalue weighted by Gasteiger charge is 2.21. The van der Waals surface area contributed by atoms with Crippen molar-refractivity contribution in [1.82, 2.24) is 10.2 Å². The van der Waals surface area contributed by atoms with Gasteiger partial charge in [-0.15, -0.1) is 0 Å². The van der Waals surface area contributed by atoms with Crippen molar-refractivity contribution in [2.75, 3.05) is 27.2 Å². The Labute approximate surface area is 142 Å². The van der Waals surface area contributed by atoms with Crippen LogP contribution in [0.25, 0.3) is 0 Å². The summed E-state index contributed by atoms with van der Waals surface area (Å²) in [5.41, 5.74) is 3.27. The van der Waals surface area contributed by atoms with E-state index in [2.05, 4.69) is 40.5 Å². The normalized spacial score (nSPS) is 12.7. The van der Waals surface area contributed by atoms with E-state index in [1.54, 1.807) is 11.8 Å². The average molecular weight is 326 g/mol. The average Bonchev–Trinajstić information content (AvgIpc) is 2.56. The minimum absolute atomic E-state index is 0.0422. The summed E-state index contributed by atoms with van der Waals surface area (Å²) in [6.45, 7) is 1.70. The van der Waals surface area contributed by atoms with Crippen molar-refractivity contribution in [3.63, 3.8) is 0 Å². The van der Waals surface area contributed by atoms with Gasteiger partial charge < -0.3 is 10.2 Å². The zero-order valence-electron chi connectivity index (χ0n) is 13.6. The van der Waals surface area contributed by atoms with E-state index in [-0.39, 0.29) is 5.91 Å². The third kappa shape index (κ3) is 3.77. The van der Waals surface area contributed by atoms with Crippen molar-refractivity contribution in [3.8, 4) is 0 Å². The molecule has 0 aliphatic carbocycles. The van der Waals surface area contributed by atoms with Gasteiger partial charge in [0.1, 0.15) is 0 Å². The summed E-state index contributed by atoms with van der Waals surface area (Å²) in [4.78, 5) is 17.2. The molecule has 0 saturated heterocycles. The Balaban J connectivity index is 1.74. The molecule has 23 heavy (non-hydrogen) atoms. The van der Waals surface area contributed by atoms with Crippen molar-refractivity contribution in [3.05, 3.63) is 59.2 Å². The molecule has 3 rings (SSSR count). The summed E-state index contributed by atoms with van der Waals surface area (Å²) in [6, 6.07) is 14.5. The van der Waals surface area contributed by atoms with E-state index in [0.29, 0.717) is 6.54 Å². The van der Waals surface area contributed by atoms with Gasteiger partial charge in [0.2, 0.25) is 0 Å². The molecule has 1 heterocycles. The number of nitrogens with zero attached hydrogens (tertiary/aromatic N) is 1. The second kappa shape index (κ2) is 7.20. The topological polar surface area (TPSA) is 32.3 Å². The number of hydrogen-bond donors (Lipinski definition) is 1. The molecule has 0 spiro atoms. The Morgan fingerprint density at radius 3 is 2.74 bits per heavy atom. The Hall–Kier alpha value is -1.78. The molecule has 0 atom stereocenters. The number of carbonyl (C=O) groups is 1. The van der Waals surface area contributed by atoms with Crippen LogP contribution in [-0.4, -0.2) is 38.0 Å². The third-order valence-electron chi connectivity index (χ3n) is 4.01. The zero-order valence-corrected chi connectivity index (χ0v) is 14.5. The van der Waals surface area contributed by atoms with E-state index < -0.39 is 0 Å². The summed E-state index contributed by atoms with van der Waals surface area (Å²) in [5, 5.41) is 3.05. The molecule has 3 nitrogen and oxygen atoms in total. The summed E-state index contributed by atoms with van der Waals surface area (Å²) >= 11 is 1.76. The Bertz CT molecular complexity index is 712. The Morgan fingerprint density at radius 1 is 1.13 bits per heavy atom. The van der Waals surface area contributed by atoms with Gasteiger partial charge in [-0.25, -0.2) is 0 Å². The van der Waals surface area contributed by atoms with Gasteiger partial charge in [-0.3, -0.25) is 4.79 Å². The van der Waals surface area contributed by atoms with Crippen LogP contribution >= 0.6 is 11.8 Å². The molecule has 120 valence electrons. The number of carbonyl (C=O) groups excluding carboxylic acids is 1. The lowest BCUT2D eigenvalue weighted by atomic mass is 9.98. The van der Waals surface area contributed by atoms with Crippen molar-refractivity contribution in [2.45, 2.75) is 22.6 Å². The first-order valence-corrected chi connectivity index (χ1v) is 8.77. The van der Waals surface area contributed by atoms with Crippen LogP contribution in [0.2, 0.25) is 0 Å². The molecule has 4 heteroatoms. The van der Waals surface area contributed by atoms with Crippen LogP contribution in [0.1, 0.15) is 27.9 Å². The molecule has 0 saturated carbocycles. The van der Waals surface area contributed by atoms with Crippen LogP contribution < -0.4 is 5.32 Å². The second-order valence-corrected chi connectivity index (χ2v) is 7.17. The summed E-state index contributed by atoms with van der Waals surface area (Å²) in [5.74, 6) is 0.0422. The second-order valence-electron chi connectivity index (χ2n) is 6.08. The molecule has 1 N–H and O–H groups in total. The maximum atomic E-state index is 12.5. The number of rotatable bonds is 5. The van der Waals surface area contributed by atoms with E-state index in [1.807, 2.05) is 26.2 Å². The highest BCUT2D eigenvalue weighted by Crippen LogP contribution is 2.40. The van der Waals surface area contributed by atoms with Crippen LogP contribution in [-0.2, 0) is 6.42 Å². The lowest BCUT2D eigenvalue weighted by Crippen LogP contribution is -2.28. The third-order valence-corrected chi connectivity index (χ3v) is 5.23. The molecule has 0 aromatic heterocycles. The minimum Gasteiger partial charge on any atom is -0.352 e. The quantitative estimate of drug-likeness (QED) is 0.729. The van der Waals surface area contributed by atoms with Crippen molar-refractivity contribution < 1.29 is 4.79 Å². The molecule has 1 amide bonds. The monoisotopic (exact) mass is 326 g/mol. The van der Waals surface area contributed by atoms with E-state index in [1.165, 1.54) is 15.4 Å². The highest BCUT2D eigenvalue weighted by atomic mass is 32.2. The fraction of sp³-hybridized carbons (Fsp3) is 0.316. The van der Waals surface area contributed by atoms with E-state index in [9.17, 15) is 4.79 Å². The molecule has 1 aliphatic rings. The largest absolute Gasteiger partial charge is 0.352 e.